The van der Waals surface area contributed by atoms with Gasteiger partial charge in [0.05, 0.1) is 16.6 Å². The monoisotopic (exact) mass is 344 g/mol. The molecule has 0 aliphatic carbocycles. The van der Waals surface area contributed by atoms with Gasteiger partial charge in [0.2, 0.25) is 0 Å². The molecule has 0 aliphatic heterocycles. The summed E-state index contributed by atoms with van der Waals surface area (Å²) in [4.78, 5) is 15.6. The number of rotatable bonds is 2. The van der Waals surface area contributed by atoms with Crippen LogP contribution in [0.1, 0.15) is 15.9 Å². The molecule has 4 nitrogen and oxygen atoms in total. The van der Waals surface area contributed by atoms with E-state index in [1.807, 2.05) is 36.7 Å². The van der Waals surface area contributed by atoms with Crippen molar-refractivity contribution >= 4 is 32.9 Å². The molecule has 0 saturated heterocycles. The van der Waals surface area contributed by atoms with Gasteiger partial charge in [0, 0.05) is 17.1 Å². The maximum Gasteiger partial charge on any atom is 0.335 e. The summed E-state index contributed by atoms with van der Waals surface area (Å²) in [5.41, 5.74) is 3.99. The third-order valence-corrected chi connectivity index (χ3v) is 4.41. The molecule has 3 aromatic rings. The van der Waals surface area contributed by atoms with E-state index in [4.69, 9.17) is 5.11 Å². The lowest BCUT2D eigenvalue weighted by atomic mass is 10.1. The lowest BCUT2D eigenvalue weighted by Gasteiger charge is -2.04. The topological polar surface area (TPSA) is 55.1 Å². The van der Waals surface area contributed by atoms with Crippen LogP contribution >= 0.6 is 15.9 Å². The number of aromatic carboxylic acids is 1. The molecule has 0 saturated carbocycles. The molecule has 2 aromatic carbocycles. The lowest BCUT2D eigenvalue weighted by Crippen LogP contribution is -1.95. The van der Waals surface area contributed by atoms with E-state index in [0.717, 1.165) is 26.9 Å². The van der Waals surface area contributed by atoms with Crippen molar-refractivity contribution in [3.8, 4) is 11.4 Å². The standard InChI is InChI=1S/C16H13BrN2O2/c1-9-3-4-10(7-12(9)17)15-18-13-8-11(16(20)21)5-6-14(13)19(15)2/h3-8H,1-2H3,(H,20,21). The maximum absolute atomic E-state index is 11.0. The number of hydrogen-bond acceptors (Lipinski definition) is 2. The Hall–Kier alpha value is -2.14. The van der Waals surface area contributed by atoms with Crippen molar-refractivity contribution in [1.82, 2.24) is 9.55 Å². The summed E-state index contributed by atoms with van der Waals surface area (Å²) >= 11 is 3.53. The Bertz CT molecular complexity index is 868. The molecule has 0 atom stereocenters. The van der Waals surface area contributed by atoms with Crippen LogP contribution in [-0.4, -0.2) is 20.6 Å². The summed E-state index contributed by atoms with van der Waals surface area (Å²) in [6, 6.07) is 11.1. The number of imidazole rings is 1. The average Bonchev–Trinajstić information content (AvgIpc) is 2.78. The number of benzene rings is 2. The summed E-state index contributed by atoms with van der Waals surface area (Å²) < 4.78 is 3.00. The number of fused-ring (bicyclic) bond motifs is 1. The first-order valence-electron chi connectivity index (χ1n) is 6.43. The highest BCUT2D eigenvalue weighted by Crippen LogP contribution is 2.28. The third-order valence-electron chi connectivity index (χ3n) is 3.56. The Morgan fingerprint density at radius 1 is 1.24 bits per heavy atom. The number of halogens is 1. The molecule has 1 N–H and O–H groups in total. The maximum atomic E-state index is 11.0. The number of aromatic nitrogens is 2. The average molecular weight is 345 g/mol. The molecule has 0 spiro atoms. The third kappa shape index (κ3) is 2.34. The lowest BCUT2D eigenvalue weighted by molar-refractivity contribution is 0.0697. The minimum absolute atomic E-state index is 0.247. The molecular weight excluding hydrogens is 332 g/mol. The Morgan fingerprint density at radius 3 is 2.67 bits per heavy atom. The van der Waals surface area contributed by atoms with E-state index in [2.05, 4.69) is 20.9 Å². The second-order valence-electron chi connectivity index (χ2n) is 4.97. The minimum atomic E-state index is -0.942. The SMILES string of the molecule is Cc1ccc(-c2nc3cc(C(=O)O)ccc3n2C)cc1Br. The van der Waals surface area contributed by atoms with E-state index in [1.54, 1.807) is 18.2 Å². The predicted octanol–water partition coefficient (Wildman–Crippen LogP) is 4.01. The molecular formula is C16H13BrN2O2. The Balaban J connectivity index is 2.21. The van der Waals surface area contributed by atoms with Crippen molar-refractivity contribution in [2.45, 2.75) is 6.92 Å². The summed E-state index contributed by atoms with van der Waals surface area (Å²) in [7, 11) is 1.93. The summed E-state index contributed by atoms with van der Waals surface area (Å²) in [6.07, 6.45) is 0. The quantitative estimate of drug-likeness (QED) is 0.764. The molecule has 0 amide bonds. The van der Waals surface area contributed by atoms with E-state index < -0.39 is 5.97 Å². The summed E-state index contributed by atoms with van der Waals surface area (Å²) in [5, 5.41) is 9.06. The van der Waals surface area contributed by atoms with Crippen LogP contribution in [0.4, 0.5) is 0 Å². The van der Waals surface area contributed by atoms with E-state index in [-0.39, 0.29) is 5.56 Å². The van der Waals surface area contributed by atoms with Crippen LogP contribution in [0.5, 0.6) is 0 Å². The molecule has 3 rings (SSSR count). The first kappa shape index (κ1) is 13.8. The highest BCUT2D eigenvalue weighted by molar-refractivity contribution is 9.10. The zero-order valence-electron chi connectivity index (χ0n) is 11.6. The number of hydrogen-bond donors (Lipinski definition) is 1. The fourth-order valence-corrected chi connectivity index (χ4v) is 2.70. The molecule has 0 fully saturated rings. The van der Waals surface area contributed by atoms with Gasteiger partial charge in [0.1, 0.15) is 5.82 Å². The van der Waals surface area contributed by atoms with Crippen LogP contribution in [0.25, 0.3) is 22.4 Å². The van der Waals surface area contributed by atoms with Crippen molar-refractivity contribution in [3.63, 3.8) is 0 Å². The number of aryl methyl sites for hydroxylation is 2. The smallest absolute Gasteiger partial charge is 0.335 e. The van der Waals surface area contributed by atoms with Gasteiger partial charge in [-0.2, -0.15) is 0 Å². The first-order valence-corrected chi connectivity index (χ1v) is 7.23. The minimum Gasteiger partial charge on any atom is -0.478 e. The fourth-order valence-electron chi connectivity index (χ4n) is 2.32. The molecule has 21 heavy (non-hydrogen) atoms. The largest absolute Gasteiger partial charge is 0.478 e. The molecule has 0 unspecified atom stereocenters. The predicted molar refractivity (Wildman–Crippen MR) is 85.5 cm³/mol. The second kappa shape index (κ2) is 5.00. The molecule has 0 aliphatic rings. The number of carboxylic acids is 1. The fraction of sp³-hybridized carbons (Fsp3) is 0.125. The Kier molecular flexibility index (Phi) is 3.29. The van der Waals surface area contributed by atoms with Gasteiger partial charge >= 0.3 is 5.97 Å². The van der Waals surface area contributed by atoms with Gasteiger partial charge < -0.3 is 9.67 Å². The highest BCUT2D eigenvalue weighted by atomic mass is 79.9. The van der Waals surface area contributed by atoms with Crippen LogP contribution < -0.4 is 0 Å². The van der Waals surface area contributed by atoms with Crippen molar-refractivity contribution < 1.29 is 9.90 Å². The normalized spacial score (nSPS) is 11.0. The van der Waals surface area contributed by atoms with Gasteiger partial charge in [-0.3, -0.25) is 0 Å². The van der Waals surface area contributed by atoms with Crippen molar-refractivity contribution in [3.05, 3.63) is 52.0 Å². The van der Waals surface area contributed by atoms with Gasteiger partial charge in [-0.15, -0.1) is 0 Å². The van der Waals surface area contributed by atoms with Crippen LogP contribution in [0.2, 0.25) is 0 Å². The van der Waals surface area contributed by atoms with Crippen LogP contribution in [-0.2, 0) is 7.05 Å². The van der Waals surface area contributed by atoms with Gasteiger partial charge in [0.25, 0.3) is 0 Å². The van der Waals surface area contributed by atoms with Crippen molar-refractivity contribution in [2.24, 2.45) is 7.05 Å². The molecule has 5 heteroatoms. The molecule has 0 bridgehead atoms. The van der Waals surface area contributed by atoms with E-state index >= 15 is 0 Å². The molecule has 0 radical (unpaired) electrons. The number of carboxylic acid groups (broad SMARTS) is 1. The van der Waals surface area contributed by atoms with Crippen molar-refractivity contribution in [1.29, 1.82) is 0 Å². The Morgan fingerprint density at radius 2 is 2.00 bits per heavy atom. The second-order valence-corrected chi connectivity index (χ2v) is 5.82. The highest BCUT2D eigenvalue weighted by Gasteiger charge is 2.12. The van der Waals surface area contributed by atoms with E-state index in [9.17, 15) is 4.79 Å². The number of nitrogens with zero attached hydrogens (tertiary/aromatic N) is 2. The summed E-state index contributed by atoms with van der Waals surface area (Å²) in [6.45, 7) is 2.03. The van der Waals surface area contributed by atoms with Crippen LogP contribution in [0.3, 0.4) is 0 Å². The van der Waals surface area contributed by atoms with Crippen LogP contribution in [0, 0.1) is 6.92 Å². The zero-order chi connectivity index (χ0) is 15.1. The van der Waals surface area contributed by atoms with Crippen LogP contribution in [0.15, 0.2) is 40.9 Å². The van der Waals surface area contributed by atoms with Gasteiger partial charge in [-0.25, -0.2) is 9.78 Å². The Labute approximate surface area is 130 Å². The van der Waals surface area contributed by atoms with Crippen molar-refractivity contribution in [2.75, 3.05) is 0 Å². The van der Waals surface area contributed by atoms with Gasteiger partial charge in [0.15, 0.2) is 0 Å². The summed E-state index contributed by atoms with van der Waals surface area (Å²) in [5.74, 6) is -0.129. The number of carbonyl (C=O) groups is 1. The molecule has 1 heterocycles. The molecule has 1 aromatic heterocycles. The molecule has 106 valence electrons. The van der Waals surface area contributed by atoms with Gasteiger partial charge in [-0.05, 0) is 36.8 Å². The van der Waals surface area contributed by atoms with Gasteiger partial charge in [-0.1, -0.05) is 28.1 Å². The van der Waals surface area contributed by atoms with E-state index in [0.29, 0.717) is 5.52 Å². The first-order chi connectivity index (χ1) is 9.97. The van der Waals surface area contributed by atoms with E-state index in [1.165, 1.54) is 0 Å². The zero-order valence-corrected chi connectivity index (χ0v) is 13.2.